The molecule has 2 aliphatic rings. The second-order valence-corrected chi connectivity index (χ2v) is 9.07. The number of hydrogen-bond donors (Lipinski definition) is 2. The monoisotopic (exact) mass is 487 g/mol. The van der Waals surface area contributed by atoms with Crippen molar-refractivity contribution in [1.29, 1.82) is 0 Å². The summed E-state index contributed by atoms with van der Waals surface area (Å²) < 4.78 is 41.4. The Bertz CT molecular complexity index is 1280. The molecule has 0 aliphatic heterocycles. The number of amides is 1. The molecule has 2 aliphatic carbocycles. The summed E-state index contributed by atoms with van der Waals surface area (Å²) in [7, 11) is 0. The first kappa shape index (κ1) is 22.5. The van der Waals surface area contributed by atoms with Crippen molar-refractivity contribution in [3.8, 4) is 5.82 Å². The molecule has 0 bridgehead atoms. The summed E-state index contributed by atoms with van der Waals surface area (Å²) in [6, 6.07) is 10.8. The van der Waals surface area contributed by atoms with Gasteiger partial charge in [-0.1, -0.05) is 30.3 Å². The van der Waals surface area contributed by atoms with Gasteiger partial charge < -0.3 is 10.6 Å². The molecule has 34 heavy (non-hydrogen) atoms. The molecule has 6 nitrogen and oxygen atoms in total. The van der Waals surface area contributed by atoms with Crippen molar-refractivity contribution < 1.29 is 18.0 Å². The molecule has 2 N–H and O–H groups in total. The topological polar surface area (TPSA) is 71.8 Å². The van der Waals surface area contributed by atoms with E-state index in [4.69, 9.17) is 11.6 Å². The molecule has 3 aromatic rings. The molecule has 2 heterocycles. The lowest BCUT2D eigenvalue weighted by Gasteiger charge is -2.19. The number of carbonyl (C=O) groups is 1. The number of pyridine rings is 1. The summed E-state index contributed by atoms with van der Waals surface area (Å²) in [5.41, 5.74) is -0.304. The number of anilines is 1. The van der Waals surface area contributed by atoms with E-state index >= 15 is 0 Å². The Morgan fingerprint density at radius 3 is 2.56 bits per heavy atom. The molecular weight excluding hydrogens is 467 g/mol. The molecular formula is C24H21ClF3N5O. The number of carbonyl (C=O) groups excluding carboxylic acids is 1. The van der Waals surface area contributed by atoms with E-state index in [0.29, 0.717) is 17.2 Å². The maximum atomic E-state index is 13.5. The van der Waals surface area contributed by atoms with Gasteiger partial charge in [-0.05, 0) is 61.9 Å². The lowest BCUT2D eigenvalue weighted by molar-refractivity contribution is -0.141. The van der Waals surface area contributed by atoms with E-state index in [1.165, 1.54) is 12.3 Å². The van der Waals surface area contributed by atoms with Gasteiger partial charge in [-0.15, -0.1) is 0 Å². The molecule has 2 saturated carbocycles. The van der Waals surface area contributed by atoms with Crippen LogP contribution < -0.4 is 10.6 Å². The van der Waals surface area contributed by atoms with Gasteiger partial charge in [0.1, 0.15) is 0 Å². The number of alkyl halides is 3. The third-order valence-electron chi connectivity index (χ3n) is 6.22. The summed E-state index contributed by atoms with van der Waals surface area (Å²) in [4.78, 5) is 17.1. The average molecular weight is 488 g/mol. The first-order valence-electron chi connectivity index (χ1n) is 10.8. The Balaban J connectivity index is 1.46. The van der Waals surface area contributed by atoms with Crippen molar-refractivity contribution in [2.45, 2.75) is 37.4 Å². The summed E-state index contributed by atoms with van der Waals surface area (Å²) in [6.07, 6.45) is 0.910. The van der Waals surface area contributed by atoms with Gasteiger partial charge in [-0.25, -0.2) is 9.67 Å². The number of nitrogens with one attached hydrogen (secondary N) is 2. The number of nitrogens with zero attached hydrogens (tertiary/aromatic N) is 3. The van der Waals surface area contributed by atoms with Gasteiger partial charge in [0.2, 0.25) is 0 Å². The van der Waals surface area contributed by atoms with E-state index in [2.05, 4.69) is 27.3 Å². The van der Waals surface area contributed by atoms with Crippen LogP contribution in [0.4, 0.5) is 18.9 Å². The van der Waals surface area contributed by atoms with Crippen LogP contribution >= 0.6 is 11.6 Å². The highest BCUT2D eigenvalue weighted by atomic mass is 35.5. The van der Waals surface area contributed by atoms with E-state index in [1.807, 2.05) is 0 Å². The van der Waals surface area contributed by atoms with Gasteiger partial charge in [0.15, 0.2) is 11.5 Å². The first-order valence-corrected chi connectivity index (χ1v) is 11.2. The van der Waals surface area contributed by atoms with Crippen LogP contribution in [0.25, 0.3) is 11.5 Å². The number of aromatic nitrogens is 3. The van der Waals surface area contributed by atoms with Crippen molar-refractivity contribution in [3.63, 3.8) is 0 Å². The molecule has 2 fully saturated rings. The van der Waals surface area contributed by atoms with Crippen molar-refractivity contribution in [3.05, 3.63) is 77.2 Å². The summed E-state index contributed by atoms with van der Waals surface area (Å²) in [6.45, 7) is 3.92. The predicted octanol–water partition coefficient (Wildman–Crippen LogP) is 5.69. The second kappa shape index (κ2) is 8.16. The number of para-hydroxylation sites is 1. The summed E-state index contributed by atoms with van der Waals surface area (Å²) in [5.74, 6) is 0.339. The third kappa shape index (κ3) is 4.27. The average Bonchev–Trinajstić information content (AvgIpc) is 3.71. The van der Waals surface area contributed by atoms with Gasteiger partial charge in [0.05, 0.1) is 27.7 Å². The highest BCUT2D eigenvalue weighted by Gasteiger charge is 2.54. The minimum absolute atomic E-state index is 0.0137. The molecule has 1 aromatic carbocycles. The molecule has 0 saturated heterocycles. The molecule has 10 heteroatoms. The maximum absolute atomic E-state index is 13.5. The van der Waals surface area contributed by atoms with Crippen LogP contribution in [0.1, 0.15) is 47.4 Å². The third-order valence-corrected chi connectivity index (χ3v) is 6.51. The molecule has 2 aromatic heterocycles. The second-order valence-electron chi connectivity index (χ2n) is 8.67. The zero-order chi connectivity index (χ0) is 24.1. The van der Waals surface area contributed by atoms with Crippen LogP contribution in [-0.2, 0) is 6.18 Å². The van der Waals surface area contributed by atoms with Crippen LogP contribution in [0, 0.1) is 5.92 Å². The van der Waals surface area contributed by atoms with Crippen LogP contribution in [0.2, 0.25) is 5.02 Å². The van der Waals surface area contributed by atoms with Crippen LogP contribution in [0.5, 0.6) is 0 Å². The molecule has 0 unspecified atom stereocenters. The van der Waals surface area contributed by atoms with E-state index in [9.17, 15) is 18.0 Å². The molecule has 0 atom stereocenters. The van der Waals surface area contributed by atoms with Gasteiger partial charge in [0.25, 0.3) is 5.91 Å². The van der Waals surface area contributed by atoms with E-state index in [1.54, 1.807) is 30.3 Å². The molecule has 176 valence electrons. The lowest BCUT2D eigenvalue weighted by Crippen LogP contribution is -2.38. The quantitative estimate of drug-likeness (QED) is 0.449. The van der Waals surface area contributed by atoms with Crippen molar-refractivity contribution in [2.75, 3.05) is 5.32 Å². The standard InChI is InChI=1S/C24H21ClF3N5O/c1-14(19-13-20(24(26,27)28)32-33(19)21-17(25)6-4-12-29-21)30-18-7-3-2-5-16(18)22(34)31-23(10-11-23)15-8-9-15/h2-7,12-13,15,30H,1,8-11H2,(H,31,34). The highest BCUT2D eigenvalue weighted by Crippen LogP contribution is 2.53. The SMILES string of the molecule is C=C(Nc1ccccc1C(=O)NC1(C2CC2)CC1)c1cc(C(F)(F)F)nn1-c1ncccc1Cl. The largest absolute Gasteiger partial charge is 0.435 e. The number of halogens is 4. The Morgan fingerprint density at radius 1 is 1.18 bits per heavy atom. The maximum Gasteiger partial charge on any atom is 0.435 e. The Morgan fingerprint density at radius 2 is 1.91 bits per heavy atom. The minimum atomic E-state index is -4.68. The first-order chi connectivity index (χ1) is 16.2. The lowest BCUT2D eigenvalue weighted by atomic mass is 10.1. The smallest absolute Gasteiger partial charge is 0.354 e. The summed E-state index contributed by atoms with van der Waals surface area (Å²) in [5, 5.41) is 9.97. The van der Waals surface area contributed by atoms with Crippen LogP contribution in [0.15, 0.2) is 55.2 Å². The predicted molar refractivity (Wildman–Crippen MR) is 123 cm³/mol. The van der Waals surface area contributed by atoms with Gasteiger partial charge >= 0.3 is 6.18 Å². The Kier molecular flexibility index (Phi) is 5.39. The van der Waals surface area contributed by atoms with E-state index in [-0.39, 0.29) is 33.7 Å². The fraction of sp³-hybridized carbons (Fsp3) is 0.292. The Labute approximate surface area is 198 Å². The van der Waals surface area contributed by atoms with Gasteiger partial charge in [-0.2, -0.15) is 18.3 Å². The molecule has 0 radical (unpaired) electrons. The van der Waals surface area contributed by atoms with Crippen molar-refractivity contribution >= 4 is 28.9 Å². The number of benzene rings is 1. The zero-order valence-electron chi connectivity index (χ0n) is 18.0. The minimum Gasteiger partial charge on any atom is -0.354 e. The number of rotatable bonds is 7. The highest BCUT2D eigenvalue weighted by molar-refractivity contribution is 6.32. The fourth-order valence-electron chi connectivity index (χ4n) is 4.15. The van der Waals surface area contributed by atoms with Gasteiger partial charge in [-0.3, -0.25) is 4.79 Å². The fourth-order valence-corrected chi connectivity index (χ4v) is 4.35. The molecule has 0 spiro atoms. The van der Waals surface area contributed by atoms with E-state index < -0.39 is 11.9 Å². The van der Waals surface area contributed by atoms with Crippen molar-refractivity contribution in [2.24, 2.45) is 5.92 Å². The van der Waals surface area contributed by atoms with Crippen molar-refractivity contribution in [1.82, 2.24) is 20.1 Å². The summed E-state index contributed by atoms with van der Waals surface area (Å²) >= 11 is 6.18. The van der Waals surface area contributed by atoms with Crippen LogP contribution in [-0.4, -0.2) is 26.2 Å². The van der Waals surface area contributed by atoms with Gasteiger partial charge in [0, 0.05) is 11.7 Å². The number of hydrogen-bond acceptors (Lipinski definition) is 4. The van der Waals surface area contributed by atoms with E-state index in [0.717, 1.165) is 36.4 Å². The Hall–Kier alpha value is -3.33. The van der Waals surface area contributed by atoms with Crippen LogP contribution in [0.3, 0.4) is 0 Å². The molecule has 1 amide bonds. The molecule has 5 rings (SSSR count). The zero-order valence-corrected chi connectivity index (χ0v) is 18.7. The normalized spacial score (nSPS) is 16.7.